The molecule has 1 aliphatic heterocycles. The maximum absolute atomic E-state index is 15.9. The number of carbonyl (C=O) groups excluding carboxylic acids is 1. The third-order valence-corrected chi connectivity index (χ3v) is 10.3. The van der Waals surface area contributed by atoms with Gasteiger partial charge in [0.05, 0.1) is 19.3 Å². The highest BCUT2D eigenvalue weighted by Crippen LogP contribution is 2.42. The van der Waals surface area contributed by atoms with Crippen LogP contribution in [0.4, 0.5) is 25.1 Å². The first-order valence-electron chi connectivity index (χ1n) is 18.6. The number of nitrogens with zero attached hydrogens (tertiary/aromatic N) is 7. The third-order valence-electron chi connectivity index (χ3n) is 10.3. The van der Waals surface area contributed by atoms with Crippen molar-refractivity contribution < 1.29 is 33.0 Å². The predicted octanol–water partition coefficient (Wildman–Crippen LogP) is 7.35. The molecule has 3 aromatic carbocycles. The fraction of sp³-hybridized carbons (Fsp3) is 0.286. The number of fused-ring (bicyclic) bond motifs is 1. The second kappa shape index (κ2) is 16.0. The fourth-order valence-corrected chi connectivity index (χ4v) is 7.21. The Balaban J connectivity index is 1.22. The average molecular weight is 793 g/mol. The summed E-state index contributed by atoms with van der Waals surface area (Å²) in [4.78, 5) is 46.6. The number of hydrogen-bond acceptors (Lipinski definition) is 9. The maximum atomic E-state index is 15.9. The van der Waals surface area contributed by atoms with Crippen LogP contribution in [0.1, 0.15) is 49.5 Å². The summed E-state index contributed by atoms with van der Waals surface area (Å²) in [5, 5.41) is 22.0. The lowest BCUT2D eigenvalue weighted by molar-refractivity contribution is 0.102. The van der Waals surface area contributed by atoms with Gasteiger partial charge in [-0.25, -0.2) is 23.2 Å². The molecule has 16 heteroatoms. The monoisotopic (exact) mass is 792 g/mol. The zero-order chi connectivity index (χ0) is 41.3. The van der Waals surface area contributed by atoms with Crippen molar-refractivity contribution >= 4 is 34.5 Å². The molecule has 6 aromatic rings. The summed E-state index contributed by atoms with van der Waals surface area (Å²) in [5.41, 5.74) is 0.448. The van der Waals surface area contributed by atoms with Crippen LogP contribution in [0, 0.1) is 17.0 Å². The molecule has 0 radical (unpaired) electrons. The molecular weight excluding hydrogens is 751 g/mol. The van der Waals surface area contributed by atoms with Gasteiger partial charge in [-0.1, -0.05) is 32.9 Å². The number of methoxy groups -OCH3 is 1. The van der Waals surface area contributed by atoms with E-state index in [1.165, 1.54) is 53.6 Å². The van der Waals surface area contributed by atoms with Crippen molar-refractivity contribution in [2.45, 2.75) is 52.2 Å². The van der Waals surface area contributed by atoms with Crippen LogP contribution in [-0.4, -0.2) is 79.3 Å². The van der Waals surface area contributed by atoms with Crippen LogP contribution in [0.3, 0.4) is 0 Å². The van der Waals surface area contributed by atoms with Gasteiger partial charge < -0.3 is 29.7 Å². The minimum Gasteiger partial charge on any atom is -0.497 e. The number of hydrogen-bond donors (Lipinski definition) is 2. The fourth-order valence-electron chi connectivity index (χ4n) is 7.21. The molecule has 0 spiro atoms. The molecule has 0 bridgehead atoms. The van der Waals surface area contributed by atoms with E-state index in [9.17, 15) is 23.9 Å². The molecule has 4 heterocycles. The number of benzene rings is 3. The summed E-state index contributed by atoms with van der Waals surface area (Å²) in [6.45, 7) is 7.15. The van der Waals surface area contributed by atoms with Crippen molar-refractivity contribution in [1.29, 1.82) is 0 Å². The van der Waals surface area contributed by atoms with Gasteiger partial charge in [-0.15, -0.1) is 0 Å². The van der Waals surface area contributed by atoms with Gasteiger partial charge in [-0.2, -0.15) is 14.9 Å². The number of carboxylic acid groups (broad SMARTS) is 1. The molecule has 2 N–H and O–H groups in total. The molecule has 300 valence electrons. The van der Waals surface area contributed by atoms with Gasteiger partial charge in [0.15, 0.2) is 23.0 Å². The molecule has 1 aliphatic rings. The Morgan fingerprint density at radius 2 is 1.72 bits per heavy atom. The minimum atomic E-state index is -0.990. The number of nitrogens with one attached hydrogen (secondary N) is 1. The third kappa shape index (κ3) is 8.03. The van der Waals surface area contributed by atoms with E-state index in [1.807, 2.05) is 24.3 Å². The number of halogens is 2. The Morgan fingerprint density at radius 3 is 2.40 bits per heavy atom. The lowest BCUT2D eigenvalue weighted by Gasteiger charge is -2.47. The van der Waals surface area contributed by atoms with E-state index >= 15 is 4.39 Å². The van der Waals surface area contributed by atoms with Crippen LogP contribution in [0.25, 0.3) is 16.7 Å². The molecule has 3 aromatic heterocycles. The molecular formula is C42H42F2N8O6. The van der Waals surface area contributed by atoms with E-state index in [0.717, 1.165) is 16.3 Å². The van der Waals surface area contributed by atoms with Gasteiger partial charge >= 0.3 is 6.09 Å². The van der Waals surface area contributed by atoms with Crippen molar-refractivity contribution in [2.75, 3.05) is 30.9 Å². The van der Waals surface area contributed by atoms with Crippen molar-refractivity contribution in [3.05, 3.63) is 124 Å². The Hall–Kier alpha value is -6.84. The number of aromatic nitrogens is 5. The molecule has 2 amide bonds. The molecule has 2 atom stereocenters. The average Bonchev–Trinajstić information content (AvgIpc) is 3.57. The van der Waals surface area contributed by atoms with E-state index in [0.29, 0.717) is 48.5 Å². The molecule has 1 saturated heterocycles. The first kappa shape index (κ1) is 39.4. The Labute approximate surface area is 332 Å². The van der Waals surface area contributed by atoms with Gasteiger partial charge in [0.25, 0.3) is 11.5 Å². The summed E-state index contributed by atoms with van der Waals surface area (Å²) in [6.07, 6.45) is 2.94. The highest BCUT2D eigenvalue weighted by Gasteiger charge is 2.41. The summed E-state index contributed by atoms with van der Waals surface area (Å²) in [6, 6.07) is 19.1. The molecule has 58 heavy (non-hydrogen) atoms. The number of pyridine rings is 1. The second-order valence-electron chi connectivity index (χ2n) is 15.1. The van der Waals surface area contributed by atoms with Crippen molar-refractivity contribution in [3.8, 4) is 22.9 Å². The second-order valence-corrected chi connectivity index (χ2v) is 15.1. The van der Waals surface area contributed by atoms with E-state index in [-0.39, 0.29) is 45.9 Å². The number of piperidine rings is 1. The summed E-state index contributed by atoms with van der Waals surface area (Å²) in [5.74, 6) is -0.669. The highest BCUT2D eigenvalue weighted by atomic mass is 19.1. The number of amides is 2. The number of rotatable bonds is 10. The van der Waals surface area contributed by atoms with Crippen molar-refractivity contribution in [1.82, 2.24) is 29.4 Å². The van der Waals surface area contributed by atoms with Crippen LogP contribution >= 0.6 is 0 Å². The standard InChI is InChI=1S/C42H42F2N8O6/c1-42(2,3)35-23-29(49(4)41(55)56)18-21-50(35)38-36-34(17-19-45-37(36)51(48-38)24-25-6-13-30(57-5)14-7-25)58-33-15-10-27(22-32(33)44)47-39(53)31-16-20-46-52(40(31)54)28-11-8-26(43)9-12-28/h6-17,19-20,22,29,35H,18,21,23-24H2,1-5H3,(H,47,53)(H,55,56). The first-order chi connectivity index (χ1) is 27.7. The molecule has 14 nitrogen and oxygen atoms in total. The summed E-state index contributed by atoms with van der Waals surface area (Å²) >= 11 is 0. The molecule has 2 unspecified atom stereocenters. The van der Waals surface area contributed by atoms with Crippen molar-refractivity contribution in [2.24, 2.45) is 5.41 Å². The first-order valence-corrected chi connectivity index (χ1v) is 18.6. The van der Waals surface area contributed by atoms with Crippen LogP contribution in [0.5, 0.6) is 17.2 Å². The molecule has 1 fully saturated rings. The van der Waals surface area contributed by atoms with Crippen LogP contribution in [0.2, 0.25) is 0 Å². The lowest BCUT2D eigenvalue weighted by Crippen LogP contribution is -2.55. The zero-order valence-corrected chi connectivity index (χ0v) is 32.5. The predicted molar refractivity (Wildman–Crippen MR) is 213 cm³/mol. The summed E-state index contributed by atoms with van der Waals surface area (Å²) < 4.78 is 43.7. The normalized spacial score (nSPS) is 15.6. The number of carbonyl (C=O) groups is 2. The van der Waals surface area contributed by atoms with Gasteiger partial charge in [0, 0.05) is 55.9 Å². The van der Waals surface area contributed by atoms with Gasteiger partial charge in [0.2, 0.25) is 0 Å². The van der Waals surface area contributed by atoms with Gasteiger partial charge in [-0.3, -0.25) is 9.59 Å². The Bertz CT molecular complexity index is 2540. The lowest BCUT2D eigenvalue weighted by atomic mass is 9.78. The molecule has 7 rings (SSSR count). The number of anilines is 2. The zero-order valence-electron chi connectivity index (χ0n) is 32.5. The van der Waals surface area contributed by atoms with E-state index in [1.54, 1.807) is 31.1 Å². The van der Waals surface area contributed by atoms with E-state index < -0.39 is 29.2 Å². The quantitative estimate of drug-likeness (QED) is 0.144. The van der Waals surface area contributed by atoms with E-state index in [4.69, 9.17) is 19.6 Å². The summed E-state index contributed by atoms with van der Waals surface area (Å²) in [7, 11) is 3.19. The Morgan fingerprint density at radius 1 is 0.983 bits per heavy atom. The van der Waals surface area contributed by atoms with E-state index in [2.05, 4.69) is 36.1 Å². The van der Waals surface area contributed by atoms with Gasteiger partial charge in [0.1, 0.15) is 28.3 Å². The maximum Gasteiger partial charge on any atom is 0.407 e. The molecule has 0 aliphatic carbocycles. The minimum absolute atomic E-state index is 0.0643. The molecule has 0 saturated carbocycles. The SMILES string of the molecule is COc1ccc(Cn2nc(N3CCC(N(C)C(=O)O)CC3C(C)(C)C)c3c(Oc4ccc(NC(=O)c5ccnn(-c6ccc(F)cc6)c5=O)cc4F)ccnc32)cc1. The van der Waals surface area contributed by atoms with Gasteiger partial charge in [-0.05, 0) is 78.4 Å². The smallest absolute Gasteiger partial charge is 0.407 e. The largest absolute Gasteiger partial charge is 0.497 e. The topological polar surface area (TPSA) is 157 Å². The number of ether oxygens (including phenoxy) is 2. The van der Waals surface area contributed by atoms with Crippen LogP contribution in [-0.2, 0) is 6.54 Å². The highest BCUT2D eigenvalue weighted by molar-refractivity contribution is 6.04. The van der Waals surface area contributed by atoms with Crippen molar-refractivity contribution in [3.63, 3.8) is 0 Å². The van der Waals surface area contributed by atoms with Crippen LogP contribution < -0.4 is 25.2 Å². The van der Waals surface area contributed by atoms with Crippen LogP contribution in [0.15, 0.2) is 96.1 Å². The Kier molecular flexibility index (Phi) is 10.8.